The van der Waals surface area contributed by atoms with Crippen LogP contribution in [0.1, 0.15) is 53.3 Å². The summed E-state index contributed by atoms with van der Waals surface area (Å²) in [5, 5.41) is 5.16. The fourth-order valence-electron chi connectivity index (χ4n) is 5.34. The van der Waals surface area contributed by atoms with Gasteiger partial charge in [0.1, 0.15) is 5.82 Å². The zero-order valence-electron chi connectivity index (χ0n) is 21.0. The maximum Gasteiger partial charge on any atom is 0.256 e. The molecule has 2 saturated heterocycles. The molecule has 5 rings (SSSR count). The molecule has 198 valence electrons. The number of nitrogens with zero attached hydrogens (tertiary/aromatic N) is 5. The summed E-state index contributed by atoms with van der Waals surface area (Å²) in [5.41, 5.74) is 8.83. The highest BCUT2D eigenvalue weighted by Crippen LogP contribution is 2.34. The van der Waals surface area contributed by atoms with Crippen LogP contribution in [0.15, 0.2) is 30.5 Å². The fourth-order valence-corrected chi connectivity index (χ4v) is 6.09. The molecular weight excluding hydrogens is 514 g/mol. The first kappa shape index (κ1) is 25.7. The second-order valence-corrected chi connectivity index (χ2v) is 12.2. The summed E-state index contributed by atoms with van der Waals surface area (Å²) in [5.74, 6) is 1.14. The number of rotatable bonds is 6. The van der Waals surface area contributed by atoms with Crippen LogP contribution in [0.25, 0.3) is 5.65 Å². The van der Waals surface area contributed by atoms with Crippen molar-refractivity contribution in [1.29, 1.82) is 0 Å². The summed E-state index contributed by atoms with van der Waals surface area (Å²) in [6.45, 7) is 5.07. The third-order valence-electron chi connectivity index (χ3n) is 7.16. The lowest BCUT2D eigenvalue weighted by molar-refractivity contribution is 0.0607. The number of nitrogens with two attached hydrogens (primary N) is 1. The Bertz CT molecular complexity index is 1440. The summed E-state index contributed by atoms with van der Waals surface area (Å²) >= 11 is 6.20. The average molecular weight is 546 g/mol. The number of halogens is 1. The van der Waals surface area contributed by atoms with E-state index in [1.165, 1.54) is 12.1 Å². The summed E-state index contributed by atoms with van der Waals surface area (Å²) in [7, 11) is -3.58. The smallest absolute Gasteiger partial charge is 0.256 e. The van der Waals surface area contributed by atoms with Crippen molar-refractivity contribution in [3.63, 3.8) is 0 Å². The molecule has 10 nitrogen and oxygen atoms in total. The van der Waals surface area contributed by atoms with Gasteiger partial charge in [-0.05, 0) is 63.3 Å². The molecule has 4 heterocycles. The number of nitrogens with one attached hydrogen (secondary N) is 1. The van der Waals surface area contributed by atoms with E-state index < -0.39 is 10.0 Å². The third-order valence-corrected chi connectivity index (χ3v) is 7.98. The molecule has 2 aliphatic heterocycles. The Labute approximate surface area is 221 Å². The van der Waals surface area contributed by atoms with E-state index in [-0.39, 0.29) is 23.2 Å². The van der Waals surface area contributed by atoms with Crippen LogP contribution < -0.4 is 15.4 Å². The van der Waals surface area contributed by atoms with Crippen LogP contribution in [-0.2, 0) is 10.0 Å². The number of carbonyl (C=O) groups is 1. The van der Waals surface area contributed by atoms with Crippen molar-refractivity contribution in [2.45, 2.75) is 38.6 Å². The Hall–Kier alpha value is -2.89. The highest BCUT2D eigenvalue weighted by atomic mass is 35.5. The number of piperidine rings is 1. The zero-order chi connectivity index (χ0) is 26.3. The lowest BCUT2D eigenvalue weighted by atomic mass is 9.98. The predicted octanol–water partition coefficient (Wildman–Crippen LogP) is 3.22. The van der Waals surface area contributed by atoms with E-state index in [9.17, 15) is 13.2 Å². The molecule has 1 amide bonds. The standard InChI is InChI=1S/C25H32ClN7O3S/c1-16-14-33-23(28-24(16)31-10-8-17(13-27)15-31)12-21(29-33)22-5-3-4-9-32(22)25(34)19-11-18(26)6-7-20(19)30-37(2,35)36/h6-7,11-12,14,17,22,30H,3-5,8-10,13,15,27H2,1-2H3/t17-,22+/m1/s1. The van der Waals surface area contributed by atoms with Crippen molar-refractivity contribution in [3.8, 4) is 0 Å². The van der Waals surface area contributed by atoms with Crippen molar-refractivity contribution in [1.82, 2.24) is 19.5 Å². The molecule has 0 radical (unpaired) electrons. The quantitative estimate of drug-likeness (QED) is 0.487. The van der Waals surface area contributed by atoms with Gasteiger partial charge in [-0.1, -0.05) is 11.6 Å². The first-order chi connectivity index (χ1) is 17.6. The largest absolute Gasteiger partial charge is 0.356 e. The number of benzene rings is 1. The highest BCUT2D eigenvalue weighted by Gasteiger charge is 2.32. The lowest BCUT2D eigenvalue weighted by Gasteiger charge is -2.35. The Morgan fingerprint density at radius 1 is 1.22 bits per heavy atom. The Morgan fingerprint density at radius 2 is 2.03 bits per heavy atom. The van der Waals surface area contributed by atoms with Gasteiger partial charge in [0.05, 0.1) is 29.2 Å². The summed E-state index contributed by atoms with van der Waals surface area (Å²) in [6.07, 6.45) is 6.66. The van der Waals surface area contributed by atoms with Gasteiger partial charge in [-0.15, -0.1) is 0 Å². The van der Waals surface area contributed by atoms with Crippen molar-refractivity contribution in [3.05, 3.63) is 52.3 Å². The van der Waals surface area contributed by atoms with Crippen LogP contribution in [0.2, 0.25) is 5.02 Å². The highest BCUT2D eigenvalue weighted by molar-refractivity contribution is 7.92. The van der Waals surface area contributed by atoms with Crippen molar-refractivity contribution in [2.24, 2.45) is 11.7 Å². The maximum absolute atomic E-state index is 13.8. The first-order valence-corrected chi connectivity index (χ1v) is 14.8. The number of sulfonamides is 1. The van der Waals surface area contributed by atoms with Gasteiger partial charge in [0.15, 0.2) is 5.65 Å². The molecule has 2 aromatic heterocycles. The molecule has 2 aliphatic rings. The lowest BCUT2D eigenvalue weighted by Crippen LogP contribution is -2.39. The zero-order valence-corrected chi connectivity index (χ0v) is 22.6. The third kappa shape index (κ3) is 5.39. The first-order valence-electron chi connectivity index (χ1n) is 12.5. The number of hydrogen-bond donors (Lipinski definition) is 2. The summed E-state index contributed by atoms with van der Waals surface area (Å²) in [6, 6.07) is 6.27. The number of fused-ring (bicyclic) bond motifs is 1. The molecular formula is C25H32ClN7O3S. The van der Waals surface area contributed by atoms with Gasteiger partial charge in [-0.3, -0.25) is 9.52 Å². The fraction of sp³-hybridized carbons (Fsp3) is 0.480. The molecule has 2 atom stereocenters. The van der Waals surface area contributed by atoms with Crippen molar-refractivity contribution in [2.75, 3.05) is 42.1 Å². The number of hydrogen-bond acceptors (Lipinski definition) is 7. The predicted molar refractivity (Wildman–Crippen MR) is 145 cm³/mol. The number of aromatic nitrogens is 3. The van der Waals surface area contributed by atoms with Gasteiger partial charge in [0, 0.05) is 42.5 Å². The number of carbonyl (C=O) groups excluding carboxylic acids is 1. The minimum Gasteiger partial charge on any atom is -0.356 e. The molecule has 3 aromatic rings. The van der Waals surface area contributed by atoms with Crippen LogP contribution in [0, 0.1) is 12.8 Å². The number of amides is 1. The minimum absolute atomic E-state index is 0.208. The monoisotopic (exact) mass is 545 g/mol. The van der Waals surface area contributed by atoms with Crippen LogP contribution in [-0.4, -0.2) is 66.3 Å². The van der Waals surface area contributed by atoms with E-state index in [2.05, 4.69) is 9.62 Å². The van der Waals surface area contributed by atoms with E-state index in [0.717, 1.165) is 67.8 Å². The molecule has 3 N–H and O–H groups in total. The summed E-state index contributed by atoms with van der Waals surface area (Å²) in [4.78, 5) is 22.7. The number of anilines is 2. The Kier molecular flexibility index (Phi) is 7.03. The van der Waals surface area contributed by atoms with Crippen molar-refractivity contribution < 1.29 is 13.2 Å². The van der Waals surface area contributed by atoms with Gasteiger partial charge >= 0.3 is 0 Å². The molecule has 2 fully saturated rings. The number of likely N-dealkylation sites (tertiary alicyclic amines) is 1. The van der Waals surface area contributed by atoms with Gasteiger partial charge in [0.2, 0.25) is 10.0 Å². The van der Waals surface area contributed by atoms with Gasteiger partial charge < -0.3 is 15.5 Å². The van der Waals surface area contributed by atoms with Crippen LogP contribution in [0.3, 0.4) is 0 Å². The van der Waals surface area contributed by atoms with Gasteiger partial charge in [-0.25, -0.2) is 17.9 Å². The van der Waals surface area contributed by atoms with E-state index in [1.807, 2.05) is 19.2 Å². The molecule has 0 aliphatic carbocycles. The molecule has 0 saturated carbocycles. The molecule has 12 heteroatoms. The number of aryl methyl sites for hydroxylation is 1. The van der Waals surface area contributed by atoms with E-state index in [1.54, 1.807) is 15.5 Å². The minimum atomic E-state index is -3.58. The molecule has 37 heavy (non-hydrogen) atoms. The Morgan fingerprint density at radius 3 is 2.76 bits per heavy atom. The maximum atomic E-state index is 13.8. The van der Waals surface area contributed by atoms with E-state index in [4.69, 9.17) is 27.4 Å². The second kappa shape index (κ2) is 10.1. The van der Waals surface area contributed by atoms with Gasteiger partial charge in [-0.2, -0.15) is 5.10 Å². The summed E-state index contributed by atoms with van der Waals surface area (Å²) < 4.78 is 28.0. The Balaban J connectivity index is 1.47. The SMILES string of the molecule is Cc1cn2nc([C@@H]3CCCCN3C(=O)c3cc(Cl)ccc3NS(C)(=O)=O)cc2nc1N1CC[C@H](CN)C1. The van der Waals surface area contributed by atoms with E-state index in [0.29, 0.717) is 24.0 Å². The van der Waals surface area contributed by atoms with E-state index >= 15 is 0 Å². The average Bonchev–Trinajstić information content (AvgIpc) is 3.50. The van der Waals surface area contributed by atoms with Crippen LogP contribution >= 0.6 is 11.6 Å². The van der Waals surface area contributed by atoms with Crippen molar-refractivity contribution >= 4 is 44.7 Å². The molecule has 0 bridgehead atoms. The normalized spacial score (nSPS) is 20.5. The van der Waals surface area contributed by atoms with Gasteiger partial charge in [0.25, 0.3) is 5.91 Å². The second-order valence-electron chi connectivity index (χ2n) is 10.0. The topological polar surface area (TPSA) is 126 Å². The molecule has 0 spiro atoms. The molecule has 1 aromatic carbocycles. The molecule has 0 unspecified atom stereocenters. The van der Waals surface area contributed by atoms with Crippen LogP contribution in [0.5, 0.6) is 0 Å². The van der Waals surface area contributed by atoms with Crippen LogP contribution in [0.4, 0.5) is 11.5 Å².